The van der Waals surface area contributed by atoms with Gasteiger partial charge in [-0.1, -0.05) is 0 Å². The first kappa shape index (κ1) is 14.6. The molecule has 0 spiro atoms. The minimum Gasteiger partial charge on any atom is -0.444 e. The van der Waals surface area contributed by atoms with Gasteiger partial charge in [0.2, 0.25) is 0 Å². The zero-order valence-electron chi connectivity index (χ0n) is 12.6. The summed E-state index contributed by atoms with van der Waals surface area (Å²) in [6.45, 7) is 10.2. The van der Waals surface area contributed by atoms with Crippen LogP contribution in [0.2, 0.25) is 0 Å². The number of fused-ring (bicyclic) bond motifs is 2. The number of carbonyl (C=O) groups excluding carboxylic acids is 1. The van der Waals surface area contributed by atoms with Gasteiger partial charge in [-0.15, -0.1) is 0 Å². The Morgan fingerprint density at radius 1 is 1.53 bits per heavy atom. The molecule has 2 heterocycles. The van der Waals surface area contributed by atoms with Gasteiger partial charge >= 0.3 is 6.09 Å². The van der Waals surface area contributed by atoms with Crippen LogP contribution in [0.3, 0.4) is 0 Å². The molecule has 0 aromatic heterocycles. The molecule has 2 saturated heterocycles. The highest BCUT2D eigenvalue weighted by Gasteiger charge is 2.53. The first-order valence-electron chi connectivity index (χ1n) is 7.08. The number of aliphatic hydroxyl groups is 1. The molecule has 0 aliphatic carbocycles. The van der Waals surface area contributed by atoms with Crippen LogP contribution < -0.4 is 5.32 Å². The van der Waals surface area contributed by atoms with Crippen molar-refractivity contribution in [2.75, 3.05) is 6.54 Å². The Morgan fingerprint density at radius 3 is 2.68 bits per heavy atom. The smallest absolute Gasteiger partial charge is 0.411 e. The summed E-state index contributed by atoms with van der Waals surface area (Å²) in [6, 6.07) is -0.0447. The lowest BCUT2D eigenvalue weighted by atomic mass is 9.96. The molecule has 2 bridgehead atoms. The van der Waals surface area contributed by atoms with Crippen LogP contribution in [-0.2, 0) is 4.74 Å². The Morgan fingerprint density at radius 2 is 2.16 bits per heavy atom. The quantitative estimate of drug-likeness (QED) is 0.758. The zero-order chi connectivity index (χ0) is 14.4. The molecule has 0 saturated carbocycles. The van der Waals surface area contributed by atoms with Gasteiger partial charge in [-0.25, -0.2) is 4.79 Å². The van der Waals surface area contributed by atoms with Gasteiger partial charge in [0.25, 0.3) is 0 Å². The summed E-state index contributed by atoms with van der Waals surface area (Å²) in [4.78, 5) is 14.3. The molecule has 1 unspecified atom stereocenters. The fourth-order valence-corrected chi connectivity index (χ4v) is 3.26. The molecule has 110 valence electrons. The molecule has 2 fully saturated rings. The normalized spacial score (nSPS) is 36.2. The molecular formula is C14H26N2O3. The van der Waals surface area contributed by atoms with E-state index in [4.69, 9.17) is 4.74 Å². The Kier molecular flexibility index (Phi) is 3.56. The first-order chi connectivity index (χ1) is 8.64. The van der Waals surface area contributed by atoms with Crippen LogP contribution in [0.1, 0.15) is 47.5 Å². The van der Waals surface area contributed by atoms with E-state index in [0.29, 0.717) is 6.54 Å². The highest BCUT2D eigenvalue weighted by Crippen LogP contribution is 2.39. The van der Waals surface area contributed by atoms with Gasteiger partial charge in [-0.05, 0) is 47.5 Å². The van der Waals surface area contributed by atoms with Crippen LogP contribution in [0.25, 0.3) is 0 Å². The van der Waals surface area contributed by atoms with E-state index in [1.54, 1.807) is 6.92 Å². The first-order valence-corrected chi connectivity index (χ1v) is 7.08. The number of amides is 1. The van der Waals surface area contributed by atoms with Gasteiger partial charge in [0.15, 0.2) is 0 Å². The number of ether oxygens (including phenoxy) is 1. The molecule has 4 atom stereocenters. The average Bonchev–Trinajstić information content (AvgIpc) is 2.45. The minimum absolute atomic E-state index is 0.0219. The van der Waals surface area contributed by atoms with Crippen LogP contribution in [0, 0.1) is 0 Å². The fourth-order valence-electron chi connectivity index (χ4n) is 3.26. The van der Waals surface area contributed by atoms with Crippen molar-refractivity contribution in [2.45, 2.75) is 76.8 Å². The molecule has 2 N–H and O–H groups in total. The molecule has 0 aromatic carbocycles. The number of piperazine rings is 1. The van der Waals surface area contributed by atoms with Gasteiger partial charge < -0.3 is 15.2 Å². The number of hydrogen-bond donors (Lipinski definition) is 2. The number of aliphatic hydroxyl groups excluding tert-OH is 1. The van der Waals surface area contributed by atoms with Crippen LogP contribution >= 0.6 is 0 Å². The molecule has 2 rings (SSSR count). The van der Waals surface area contributed by atoms with Crippen molar-refractivity contribution in [1.29, 1.82) is 0 Å². The van der Waals surface area contributed by atoms with E-state index in [0.717, 1.165) is 12.8 Å². The number of carbonyl (C=O) groups is 1. The maximum absolute atomic E-state index is 12.4. The van der Waals surface area contributed by atoms with E-state index in [-0.39, 0.29) is 23.7 Å². The SMILES string of the molecule is CC(O)[C@H]1NC[C@@]2(C)CC[C@@H]1N2C(=O)OC(C)(C)C. The molecule has 5 nitrogen and oxygen atoms in total. The topological polar surface area (TPSA) is 61.8 Å². The van der Waals surface area contributed by atoms with Crippen molar-refractivity contribution >= 4 is 6.09 Å². The van der Waals surface area contributed by atoms with E-state index >= 15 is 0 Å². The van der Waals surface area contributed by atoms with E-state index in [1.807, 2.05) is 25.7 Å². The van der Waals surface area contributed by atoms with Gasteiger partial charge in [0, 0.05) is 6.54 Å². The number of nitrogens with one attached hydrogen (secondary N) is 1. The fraction of sp³-hybridized carbons (Fsp3) is 0.929. The highest BCUT2D eigenvalue weighted by molar-refractivity contribution is 5.70. The summed E-state index contributed by atoms with van der Waals surface area (Å²) in [7, 11) is 0. The maximum atomic E-state index is 12.4. The maximum Gasteiger partial charge on any atom is 0.411 e. The van der Waals surface area contributed by atoms with Crippen molar-refractivity contribution in [3.05, 3.63) is 0 Å². The van der Waals surface area contributed by atoms with Crippen molar-refractivity contribution in [2.24, 2.45) is 0 Å². The molecule has 1 amide bonds. The molecule has 0 aromatic rings. The Bertz CT molecular complexity index is 364. The Hall–Kier alpha value is -0.810. The van der Waals surface area contributed by atoms with Crippen LogP contribution in [0.5, 0.6) is 0 Å². The minimum atomic E-state index is -0.488. The lowest BCUT2D eigenvalue weighted by Gasteiger charge is -2.47. The Balaban J connectivity index is 2.20. The van der Waals surface area contributed by atoms with E-state index < -0.39 is 11.7 Å². The van der Waals surface area contributed by atoms with Crippen molar-refractivity contribution in [1.82, 2.24) is 10.2 Å². The summed E-state index contributed by atoms with van der Waals surface area (Å²) < 4.78 is 5.53. The predicted molar refractivity (Wildman–Crippen MR) is 73.0 cm³/mol. The predicted octanol–water partition coefficient (Wildman–Crippen LogP) is 1.50. The van der Waals surface area contributed by atoms with E-state index in [1.165, 1.54) is 0 Å². The second-order valence-electron chi connectivity index (χ2n) is 7.10. The molecule has 19 heavy (non-hydrogen) atoms. The van der Waals surface area contributed by atoms with Crippen LogP contribution in [-0.4, -0.2) is 52.0 Å². The van der Waals surface area contributed by atoms with Gasteiger partial charge in [0.05, 0.1) is 23.7 Å². The lowest BCUT2D eigenvalue weighted by Crippen LogP contribution is -2.67. The number of hydrogen-bond acceptors (Lipinski definition) is 4. The summed E-state index contributed by atoms with van der Waals surface area (Å²) >= 11 is 0. The van der Waals surface area contributed by atoms with Gasteiger partial charge in [0.1, 0.15) is 5.60 Å². The van der Waals surface area contributed by atoms with Gasteiger partial charge in [-0.2, -0.15) is 0 Å². The molecule has 5 heteroatoms. The molecule has 2 aliphatic rings. The zero-order valence-corrected chi connectivity index (χ0v) is 12.6. The van der Waals surface area contributed by atoms with Crippen LogP contribution in [0.15, 0.2) is 0 Å². The summed E-state index contributed by atoms with van der Waals surface area (Å²) in [6.07, 6.45) is 1.13. The highest BCUT2D eigenvalue weighted by atomic mass is 16.6. The van der Waals surface area contributed by atoms with Crippen molar-refractivity contribution in [3.63, 3.8) is 0 Å². The van der Waals surface area contributed by atoms with Crippen LogP contribution in [0.4, 0.5) is 4.79 Å². The monoisotopic (exact) mass is 270 g/mol. The number of nitrogens with zero attached hydrogens (tertiary/aromatic N) is 1. The Labute approximate surface area is 115 Å². The number of rotatable bonds is 1. The summed E-state index contributed by atoms with van der Waals surface area (Å²) in [5.41, 5.74) is -0.684. The average molecular weight is 270 g/mol. The largest absolute Gasteiger partial charge is 0.444 e. The third-order valence-corrected chi connectivity index (χ3v) is 4.13. The van der Waals surface area contributed by atoms with Crippen molar-refractivity contribution < 1.29 is 14.6 Å². The third kappa shape index (κ3) is 2.72. The summed E-state index contributed by atoms with van der Waals surface area (Å²) in [5.74, 6) is 0. The summed E-state index contributed by atoms with van der Waals surface area (Å²) in [5, 5.41) is 13.2. The van der Waals surface area contributed by atoms with Crippen molar-refractivity contribution in [3.8, 4) is 0 Å². The third-order valence-electron chi connectivity index (χ3n) is 4.13. The molecule has 2 aliphatic heterocycles. The second-order valence-corrected chi connectivity index (χ2v) is 7.10. The standard InChI is InChI=1S/C14H26N2O3/c1-9(17)11-10-6-7-14(5,8-15-11)16(10)12(18)19-13(2,3)4/h9-11,15,17H,6-8H2,1-5H3/t9?,10-,11+,14+/m0/s1. The second kappa shape index (κ2) is 4.63. The lowest BCUT2D eigenvalue weighted by molar-refractivity contribution is -0.0265. The molecule has 0 radical (unpaired) electrons. The molecular weight excluding hydrogens is 244 g/mol. The van der Waals surface area contributed by atoms with Gasteiger partial charge in [-0.3, -0.25) is 4.90 Å². The van der Waals surface area contributed by atoms with E-state index in [9.17, 15) is 9.90 Å². The van der Waals surface area contributed by atoms with E-state index in [2.05, 4.69) is 12.2 Å².